The average Bonchev–Trinajstić information content (AvgIpc) is 3.15. The van der Waals surface area contributed by atoms with E-state index in [1.54, 1.807) is 19.2 Å². The highest BCUT2D eigenvalue weighted by atomic mass is 127. The number of hydrogen-bond donors (Lipinski definition) is 0. The van der Waals surface area contributed by atoms with Gasteiger partial charge in [-0.05, 0) is 62.6 Å². The summed E-state index contributed by atoms with van der Waals surface area (Å²) in [4.78, 5) is 12.8. The van der Waals surface area contributed by atoms with E-state index in [2.05, 4.69) is 22.6 Å². The highest BCUT2D eigenvalue weighted by Crippen LogP contribution is 2.33. The van der Waals surface area contributed by atoms with Crippen LogP contribution in [0.3, 0.4) is 0 Å². The van der Waals surface area contributed by atoms with Gasteiger partial charge in [-0.3, -0.25) is 0 Å². The topological polar surface area (TPSA) is 63.2 Å². The first-order valence-corrected chi connectivity index (χ1v) is 13.0. The van der Waals surface area contributed by atoms with Gasteiger partial charge >= 0.3 is 5.97 Å². The molecule has 0 aromatic heterocycles. The van der Waals surface area contributed by atoms with Crippen molar-refractivity contribution in [2.75, 3.05) is 18.1 Å². The molecule has 0 bridgehead atoms. The molecular weight excluding hydrogens is 547 g/mol. The molecular formula is C27H33IO6. The Morgan fingerprint density at radius 3 is 2.53 bits per heavy atom. The van der Waals surface area contributed by atoms with Crippen molar-refractivity contribution in [3.05, 3.63) is 77.9 Å². The third-order valence-corrected chi connectivity index (χ3v) is 6.00. The minimum Gasteiger partial charge on any atom is -0.497 e. The zero-order chi connectivity index (χ0) is 24.4. The number of carbonyl (C=O) groups is 1. The predicted octanol–water partition coefficient (Wildman–Crippen LogP) is 5.73. The van der Waals surface area contributed by atoms with Crippen molar-refractivity contribution >= 4 is 28.6 Å². The summed E-state index contributed by atoms with van der Waals surface area (Å²) < 4.78 is 30.1. The maximum absolute atomic E-state index is 12.8. The van der Waals surface area contributed by atoms with Crippen LogP contribution in [0, 0.1) is 0 Å². The van der Waals surface area contributed by atoms with Crippen molar-refractivity contribution in [3.8, 4) is 5.75 Å². The van der Waals surface area contributed by atoms with E-state index in [9.17, 15) is 4.79 Å². The predicted molar refractivity (Wildman–Crippen MR) is 139 cm³/mol. The molecule has 0 amide bonds. The Morgan fingerprint density at radius 2 is 1.85 bits per heavy atom. The number of esters is 1. The molecule has 0 saturated carbocycles. The molecule has 3 atom stereocenters. The smallest absolute Gasteiger partial charge is 0.338 e. The number of halogens is 1. The minimum absolute atomic E-state index is 0.156. The van der Waals surface area contributed by atoms with Gasteiger partial charge in [-0.2, -0.15) is 0 Å². The van der Waals surface area contributed by atoms with Crippen molar-refractivity contribution < 1.29 is 28.5 Å². The Hall–Kier alpha value is -1.94. The van der Waals surface area contributed by atoms with Crippen LogP contribution < -0.4 is 4.74 Å². The lowest BCUT2D eigenvalue weighted by molar-refractivity contribution is -0.153. The molecule has 1 saturated heterocycles. The molecule has 0 radical (unpaired) electrons. The summed E-state index contributed by atoms with van der Waals surface area (Å²) in [5, 5.41) is 0. The van der Waals surface area contributed by atoms with Gasteiger partial charge in [0.2, 0.25) is 0 Å². The Morgan fingerprint density at radius 1 is 1.12 bits per heavy atom. The number of carbonyl (C=O) groups excluding carboxylic acids is 1. The lowest BCUT2D eigenvalue weighted by atomic mass is 10.0. The van der Waals surface area contributed by atoms with Crippen LogP contribution in [0.25, 0.3) is 0 Å². The van der Waals surface area contributed by atoms with Crippen molar-refractivity contribution in [1.82, 2.24) is 0 Å². The second-order valence-corrected chi connectivity index (χ2v) is 9.55. The first-order valence-electron chi connectivity index (χ1n) is 11.5. The molecule has 6 nitrogen and oxygen atoms in total. The molecule has 1 aliphatic rings. The fraction of sp³-hybridized carbons (Fsp3) is 0.444. The Labute approximate surface area is 215 Å². The van der Waals surface area contributed by atoms with Gasteiger partial charge in [0.1, 0.15) is 18.0 Å². The van der Waals surface area contributed by atoms with E-state index < -0.39 is 11.9 Å². The van der Waals surface area contributed by atoms with Crippen molar-refractivity contribution in [2.45, 2.75) is 57.4 Å². The second kappa shape index (κ2) is 13.2. The van der Waals surface area contributed by atoms with Crippen molar-refractivity contribution in [1.29, 1.82) is 0 Å². The highest BCUT2D eigenvalue weighted by Gasteiger charge is 2.45. The van der Waals surface area contributed by atoms with Crippen LogP contribution in [-0.4, -0.2) is 48.2 Å². The van der Waals surface area contributed by atoms with Crippen LogP contribution in [0.2, 0.25) is 0 Å². The monoisotopic (exact) mass is 580 g/mol. The van der Waals surface area contributed by atoms with Crippen LogP contribution in [0.5, 0.6) is 5.75 Å². The number of benzene rings is 2. The first kappa shape index (κ1) is 26.7. The normalized spacial score (nSPS) is 20.4. The highest BCUT2D eigenvalue weighted by molar-refractivity contribution is 14.1. The summed E-state index contributed by atoms with van der Waals surface area (Å²) >= 11 is 2.32. The van der Waals surface area contributed by atoms with Gasteiger partial charge in [-0.1, -0.05) is 59.0 Å². The number of methoxy groups -OCH3 is 1. The molecule has 0 spiro atoms. The lowest BCUT2D eigenvalue weighted by Gasteiger charge is -2.24. The maximum atomic E-state index is 12.8. The van der Waals surface area contributed by atoms with Gasteiger partial charge in [0.15, 0.2) is 5.79 Å². The summed E-state index contributed by atoms with van der Waals surface area (Å²) in [7, 11) is 1.65. The Bertz CT molecular complexity index is 912. The maximum Gasteiger partial charge on any atom is 0.338 e. The van der Waals surface area contributed by atoms with E-state index in [0.29, 0.717) is 25.2 Å². The standard InChI is InChI=1S/C27H33IO6/c1-27(2)33-24(16-17-28)25(34-27)23(32-26(29)21-9-5-4-6-10-21)11-7-8-18-31-19-20-12-14-22(30-3)15-13-20/h4-7,9-15,23-25H,8,16-19H2,1-3H3/t23?,24-,25?/m0/s1. The van der Waals surface area contributed by atoms with Gasteiger partial charge in [0, 0.05) is 4.43 Å². The Balaban J connectivity index is 1.60. The number of hydrogen-bond acceptors (Lipinski definition) is 6. The van der Waals surface area contributed by atoms with E-state index in [4.69, 9.17) is 23.7 Å². The molecule has 34 heavy (non-hydrogen) atoms. The minimum atomic E-state index is -0.728. The lowest BCUT2D eigenvalue weighted by Crippen LogP contribution is -2.38. The largest absolute Gasteiger partial charge is 0.497 e. The molecule has 0 aliphatic carbocycles. The third-order valence-electron chi connectivity index (χ3n) is 5.37. The molecule has 2 aromatic rings. The summed E-state index contributed by atoms with van der Waals surface area (Å²) in [5.74, 6) is -0.286. The van der Waals surface area contributed by atoms with E-state index >= 15 is 0 Å². The van der Waals surface area contributed by atoms with Crippen LogP contribution >= 0.6 is 22.6 Å². The van der Waals surface area contributed by atoms with Crippen LogP contribution in [-0.2, 0) is 25.6 Å². The van der Waals surface area contributed by atoms with Gasteiger partial charge in [0.25, 0.3) is 0 Å². The molecule has 1 aliphatic heterocycles. The van der Waals surface area contributed by atoms with Crippen molar-refractivity contribution in [3.63, 3.8) is 0 Å². The number of ether oxygens (including phenoxy) is 5. The van der Waals surface area contributed by atoms with E-state index in [1.807, 2.05) is 68.5 Å². The summed E-state index contributed by atoms with van der Waals surface area (Å²) in [6, 6.07) is 16.8. The van der Waals surface area contributed by atoms with Crippen LogP contribution in [0.1, 0.15) is 42.6 Å². The summed E-state index contributed by atoms with van der Waals surface area (Å²) in [6.45, 7) is 4.85. The fourth-order valence-corrected chi connectivity index (χ4v) is 4.36. The van der Waals surface area contributed by atoms with Crippen LogP contribution in [0.15, 0.2) is 66.7 Å². The molecule has 7 heteroatoms. The quantitative estimate of drug-likeness (QED) is 0.105. The van der Waals surface area contributed by atoms with E-state index in [-0.39, 0.29) is 18.2 Å². The zero-order valence-electron chi connectivity index (χ0n) is 19.9. The zero-order valence-corrected chi connectivity index (χ0v) is 22.1. The first-order chi connectivity index (χ1) is 16.4. The summed E-state index contributed by atoms with van der Waals surface area (Å²) in [5.41, 5.74) is 1.59. The molecule has 3 rings (SSSR count). The van der Waals surface area contributed by atoms with E-state index in [1.165, 1.54) is 0 Å². The Kier molecular flexibility index (Phi) is 10.4. The fourth-order valence-electron chi connectivity index (χ4n) is 3.75. The van der Waals surface area contributed by atoms with Crippen LogP contribution in [0.4, 0.5) is 0 Å². The molecule has 2 unspecified atom stereocenters. The molecule has 184 valence electrons. The van der Waals surface area contributed by atoms with E-state index in [0.717, 1.165) is 22.2 Å². The molecule has 1 fully saturated rings. The average molecular weight is 580 g/mol. The molecule has 2 aromatic carbocycles. The van der Waals surface area contributed by atoms with Gasteiger partial charge in [-0.15, -0.1) is 0 Å². The third kappa shape index (κ3) is 8.08. The molecule has 1 heterocycles. The van der Waals surface area contributed by atoms with Gasteiger partial charge in [-0.25, -0.2) is 4.79 Å². The molecule has 0 N–H and O–H groups in total. The van der Waals surface area contributed by atoms with Gasteiger partial charge in [0.05, 0.1) is 32.0 Å². The number of alkyl halides is 1. The SMILES string of the molecule is COc1ccc(COCCC=CC(OC(=O)c2ccccc2)C2OC(C)(C)O[C@H]2CCI)cc1. The van der Waals surface area contributed by atoms with Gasteiger partial charge < -0.3 is 23.7 Å². The number of rotatable bonds is 12. The van der Waals surface area contributed by atoms with Crippen molar-refractivity contribution in [2.24, 2.45) is 0 Å². The summed E-state index contributed by atoms with van der Waals surface area (Å²) in [6.07, 6.45) is 4.27. The second-order valence-electron chi connectivity index (χ2n) is 8.47.